The van der Waals surface area contributed by atoms with Crippen LogP contribution in [0.15, 0.2) is 12.7 Å². The number of hydrogen-bond acceptors (Lipinski definition) is 8. The molecule has 0 aliphatic carbocycles. The Balaban J connectivity index is 2.18. The van der Waals surface area contributed by atoms with Crippen LogP contribution < -0.4 is 11.1 Å². The van der Waals surface area contributed by atoms with E-state index >= 15 is 0 Å². The van der Waals surface area contributed by atoms with Crippen molar-refractivity contribution in [2.45, 2.75) is 5.92 Å². The summed E-state index contributed by atoms with van der Waals surface area (Å²) < 4.78 is 26.9. The second-order valence-electron chi connectivity index (χ2n) is 3.52. The summed E-state index contributed by atoms with van der Waals surface area (Å²) in [5.74, 6) is -3.55. The Kier molecular flexibility index (Phi) is 3.46. The van der Waals surface area contributed by atoms with Gasteiger partial charge in [-0.25, -0.2) is 13.8 Å². The smallest absolute Gasteiger partial charge is 0.287 e. The van der Waals surface area contributed by atoms with E-state index in [1.54, 1.807) is 0 Å². The highest BCUT2D eigenvalue weighted by Crippen LogP contribution is 2.13. The van der Waals surface area contributed by atoms with Crippen molar-refractivity contribution in [3.63, 3.8) is 0 Å². The highest BCUT2D eigenvalue weighted by molar-refractivity contribution is 5.34. The monoisotopic (exact) mass is 272 g/mol. The molecule has 0 amide bonds. The molecule has 2 heterocycles. The third-order valence-corrected chi connectivity index (χ3v) is 2.00. The molecule has 2 aromatic rings. The maximum absolute atomic E-state index is 12.9. The predicted octanol–water partition coefficient (Wildman–Crippen LogP) is -0.926. The summed E-state index contributed by atoms with van der Waals surface area (Å²) in [7, 11) is 0. The molecule has 102 valence electrons. The molecule has 0 bridgehead atoms. The summed E-state index contributed by atoms with van der Waals surface area (Å²) in [6.45, 7) is -2.11. The molecule has 0 radical (unpaired) electrons. The number of alkyl halides is 2. The lowest BCUT2D eigenvalue weighted by Crippen LogP contribution is -2.31. The first-order chi connectivity index (χ1) is 9.00. The van der Waals surface area contributed by atoms with Gasteiger partial charge in [0.2, 0.25) is 11.9 Å². The molecule has 9 nitrogen and oxygen atoms in total. The van der Waals surface area contributed by atoms with Gasteiger partial charge in [-0.1, -0.05) is 0 Å². The summed E-state index contributed by atoms with van der Waals surface area (Å²) in [6.07, 6.45) is 2.58. The van der Waals surface area contributed by atoms with Crippen LogP contribution >= 0.6 is 0 Å². The number of aliphatic hydroxyl groups is 1. The SMILES string of the molecule is Nc1nc(NCC(F)(F)CO)nc(-n2cncn2)n1. The van der Waals surface area contributed by atoms with Crippen molar-refractivity contribution >= 4 is 11.9 Å². The Bertz CT molecular complexity index is 546. The Labute approximate surface area is 105 Å². The fraction of sp³-hybridized carbons (Fsp3) is 0.375. The molecule has 0 saturated heterocycles. The van der Waals surface area contributed by atoms with Gasteiger partial charge in [-0.05, 0) is 0 Å². The number of nitrogens with one attached hydrogen (secondary N) is 1. The normalized spacial score (nSPS) is 11.5. The van der Waals surface area contributed by atoms with Gasteiger partial charge in [0.25, 0.3) is 11.9 Å². The van der Waals surface area contributed by atoms with Crippen molar-refractivity contribution in [1.82, 2.24) is 29.7 Å². The topological polar surface area (TPSA) is 128 Å². The van der Waals surface area contributed by atoms with Gasteiger partial charge < -0.3 is 16.2 Å². The van der Waals surface area contributed by atoms with E-state index in [4.69, 9.17) is 10.8 Å². The number of aromatic nitrogens is 6. The molecule has 0 spiro atoms. The first-order valence-corrected chi connectivity index (χ1v) is 5.09. The van der Waals surface area contributed by atoms with Gasteiger partial charge in [0.15, 0.2) is 0 Å². The van der Waals surface area contributed by atoms with Gasteiger partial charge >= 0.3 is 0 Å². The molecule has 0 aromatic carbocycles. The van der Waals surface area contributed by atoms with E-state index in [0.717, 1.165) is 0 Å². The quantitative estimate of drug-likeness (QED) is 0.637. The van der Waals surface area contributed by atoms with Gasteiger partial charge in [0.05, 0.1) is 6.54 Å². The Hall–Kier alpha value is -2.43. The highest BCUT2D eigenvalue weighted by atomic mass is 19.3. The number of anilines is 2. The molecule has 0 fully saturated rings. The average molecular weight is 272 g/mol. The molecule has 4 N–H and O–H groups in total. The van der Waals surface area contributed by atoms with Crippen LogP contribution in [0.3, 0.4) is 0 Å². The van der Waals surface area contributed by atoms with E-state index in [9.17, 15) is 8.78 Å². The largest absolute Gasteiger partial charge is 0.390 e. The standard InChI is InChI=1S/C8H10F2N8O/c9-8(10,2-19)1-13-6-15-5(11)16-7(17-6)18-4-12-3-14-18/h3-4,19H,1-2H2,(H3,11,13,15,16,17). The highest BCUT2D eigenvalue weighted by Gasteiger charge is 2.27. The number of nitrogens with zero attached hydrogens (tertiary/aromatic N) is 6. The third-order valence-electron chi connectivity index (χ3n) is 2.00. The van der Waals surface area contributed by atoms with E-state index in [1.165, 1.54) is 17.3 Å². The van der Waals surface area contributed by atoms with E-state index in [1.807, 2.05) is 0 Å². The van der Waals surface area contributed by atoms with Crippen LogP contribution in [-0.4, -0.2) is 53.9 Å². The van der Waals surface area contributed by atoms with Crippen molar-refractivity contribution in [1.29, 1.82) is 0 Å². The molecule has 0 atom stereocenters. The van der Waals surface area contributed by atoms with Crippen LogP contribution in [0.2, 0.25) is 0 Å². The Morgan fingerprint density at radius 3 is 2.79 bits per heavy atom. The van der Waals surface area contributed by atoms with Gasteiger partial charge in [-0.3, -0.25) is 0 Å². The third kappa shape index (κ3) is 3.28. The number of aliphatic hydroxyl groups excluding tert-OH is 1. The van der Waals surface area contributed by atoms with E-state index < -0.39 is 19.1 Å². The van der Waals surface area contributed by atoms with Gasteiger partial charge in [-0.2, -0.15) is 24.7 Å². The molecule has 0 saturated carbocycles. The summed E-state index contributed by atoms with van der Waals surface area (Å²) in [5, 5.41) is 14.5. The zero-order valence-corrected chi connectivity index (χ0v) is 9.53. The van der Waals surface area contributed by atoms with Crippen LogP contribution in [0, 0.1) is 0 Å². The predicted molar refractivity (Wildman–Crippen MR) is 59.7 cm³/mol. The second-order valence-corrected chi connectivity index (χ2v) is 3.52. The first kappa shape index (κ1) is 13.0. The molecular formula is C8H10F2N8O. The Morgan fingerprint density at radius 1 is 1.37 bits per heavy atom. The zero-order chi connectivity index (χ0) is 13.9. The number of rotatable bonds is 5. The van der Waals surface area contributed by atoms with Crippen molar-refractivity contribution in [3.8, 4) is 5.95 Å². The van der Waals surface area contributed by atoms with Crippen molar-refractivity contribution in [3.05, 3.63) is 12.7 Å². The molecule has 11 heteroatoms. The summed E-state index contributed by atoms with van der Waals surface area (Å²) in [4.78, 5) is 15.0. The second kappa shape index (κ2) is 5.06. The maximum Gasteiger partial charge on any atom is 0.287 e. The number of halogens is 2. The van der Waals surface area contributed by atoms with E-state index in [-0.39, 0.29) is 17.8 Å². The molecule has 0 aliphatic heterocycles. The maximum atomic E-state index is 12.9. The molecular weight excluding hydrogens is 262 g/mol. The lowest BCUT2D eigenvalue weighted by atomic mass is 10.3. The van der Waals surface area contributed by atoms with Crippen molar-refractivity contribution in [2.75, 3.05) is 24.2 Å². The molecule has 2 aromatic heterocycles. The van der Waals surface area contributed by atoms with Crippen molar-refractivity contribution < 1.29 is 13.9 Å². The van der Waals surface area contributed by atoms with Crippen LogP contribution in [0.25, 0.3) is 5.95 Å². The van der Waals surface area contributed by atoms with E-state index in [2.05, 4.69) is 30.4 Å². The van der Waals surface area contributed by atoms with Crippen LogP contribution in [0.5, 0.6) is 0 Å². The van der Waals surface area contributed by atoms with Crippen LogP contribution in [-0.2, 0) is 0 Å². The fourth-order valence-corrected chi connectivity index (χ4v) is 1.14. The molecule has 2 rings (SSSR count). The van der Waals surface area contributed by atoms with E-state index in [0.29, 0.717) is 0 Å². The van der Waals surface area contributed by atoms with Gasteiger partial charge in [-0.15, -0.1) is 0 Å². The Morgan fingerprint density at radius 2 is 2.16 bits per heavy atom. The van der Waals surface area contributed by atoms with Crippen molar-refractivity contribution in [2.24, 2.45) is 0 Å². The number of nitrogens with two attached hydrogens (primary N) is 1. The minimum Gasteiger partial charge on any atom is -0.390 e. The lowest BCUT2D eigenvalue weighted by molar-refractivity contribution is -0.0374. The van der Waals surface area contributed by atoms with Crippen LogP contribution in [0.4, 0.5) is 20.7 Å². The molecule has 0 aliphatic rings. The number of nitrogen functional groups attached to an aromatic ring is 1. The average Bonchev–Trinajstić information content (AvgIpc) is 2.90. The summed E-state index contributed by atoms with van der Waals surface area (Å²) >= 11 is 0. The summed E-state index contributed by atoms with van der Waals surface area (Å²) in [5.41, 5.74) is 5.44. The number of hydrogen-bond donors (Lipinski definition) is 3. The molecule has 19 heavy (non-hydrogen) atoms. The lowest BCUT2D eigenvalue weighted by Gasteiger charge is -2.14. The van der Waals surface area contributed by atoms with Gasteiger partial charge in [0.1, 0.15) is 19.3 Å². The van der Waals surface area contributed by atoms with Crippen LogP contribution in [0.1, 0.15) is 0 Å². The minimum atomic E-state index is -3.28. The fourth-order valence-electron chi connectivity index (χ4n) is 1.14. The summed E-state index contributed by atoms with van der Waals surface area (Å²) in [6, 6.07) is 0. The van der Waals surface area contributed by atoms with Gasteiger partial charge in [0, 0.05) is 0 Å². The molecule has 0 unspecified atom stereocenters. The first-order valence-electron chi connectivity index (χ1n) is 5.09. The minimum absolute atomic E-state index is 0.0415. The zero-order valence-electron chi connectivity index (χ0n) is 9.53.